The first-order valence-corrected chi connectivity index (χ1v) is 5.37. The lowest BCUT2D eigenvalue weighted by molar-refractivity contribution is -0.124. The molecule has 0 spiro atoms. The molecule has 94 valence electrons. The van der Waals surface area contributed by atoms with E-state index in [2.05, 4.69) is 11.7 Å². The molecule has 0 aromatic rings. The van der Waals surface area contributed by atoms with E-state index in [1.165, 1.54) is 17.2 Å². The normalized spacial score (nSPS) is 13.2. The zero-order valence-corrected chi connectivity index (χ0v) is 10.8. The molecule has 0 aromatic heterocycles. The van der Waals surface area contributed by atoms with Gasteiger partial charge in [0.1, 0.15) is 0 Å². The molecule has 0 fully saturated rings. The number of amides is 1. The molecule has 0 saturated carbocycles. The fourth-order valence-electron chi connectivity index (χ4n) is 1.13. The summed E-state index contributed by atoms with van der Waals surface area (Å²) in [7, 11) is 1.65. The molecule has 0 radical (unpaired) electrons. The van der Waals surface area contributed by atoms with Crippen LogP contribution in [0.2, 0.25) is 0 Å². The van der Waals surface area contributed by atoms with Crippen molar-refractivity contribution in [1.82, 2.24) is 4.90 Å². The van der Waals surface area contributed by atoms with Gasteiger partial charge < -0.3 is 10.0 Å². The van der Waals surface area contributed by atoms with Crippen LogP contribution in [0.15, 0.2) is 40.9 Å². The summed E-state index contributed by atoms with van der Waals surface area (Å²) in [6.45, 7) is 8.76. The summed E-state index contributed by atoms with van der Waals surface area (Å²) in [4.78, 5) is 17.1. The summed E-state index contributed by atoms with van der Waals surface area (Å²) in [5.74, 6) is 0.140. The van der Waals surface area contributed by atoms with Gasteiger partial charge in [0.15, 0.2) is 0 Å². The van der Waals surface area contributed by atoms with Crippen molar-refractivity contribution >= 4 is 12.6 Å². The largest absolute Gasteiger partial charge is 0.513 e. The van der Waals surface area contributed by atoms with Gasteiger partial charge in [-0.3, -0.25) is 9.79 Å². The highest BCUT2D eigenvalue weighted by Crippen LogP contribution is 2.12. The Balaban J connectivity index is 4.80. The Kier molecular flexibility index (Phi) is 6.63. The molecule has 4 nitrogen and oxygen atoms in total. The molecule has 0 aliphatic carbocycles. The van der Waals surface area contributed by atoms with Crippen molar-refractivity contribution in [1.29, 1.82) is 0 Å². The Bertz CT molecular complexity index is 362. The van der Waals surface area contributed by atoms with Crippen LogP contribution in [0.4, 0.5) is 0 Å². The average Bonchev–Trinajstić information content (AvgIpc) is 2.23. The molecule has 0 rings (SSSR count). The van der Waals surface area contributed by atoms with E-state index in [0.717, 1.165) is 0 Å². The molecule has 0 saturated heterocycles. The Morgan fingerprint density at radius 2 is 2.06 bits per heavy atom. The van der Waals surface area contributed by atoms with E-state index in [0.29, 0.717) is 5.57 Å². The molecule has 17 heavy (non-hydrogen) atoms. The Morgan fingerprint density at radius 1 is 1.47 bits per heavy atom. The van der Waals surface area contributed by atoms with Crippen LogP contribution in [0.5, 0.6) is 0 Å². The molecule has 1 N–H and O–H groups in total. The van der Waals surface area contributed by atoms with Crippen LogP contribution < -0.4 is 0 Å². The lowest BCUT2D eigenvalue weighted by Gasteiger charge is -2.16. The third-order valence-corrected chi connectivity index (χ3v) is 2.07. The van der Waals surface area contributed by atoms with Crippen LogP contribution >= 0.6 is 0 Å². The maximum absolute atomic E-state index is 12.0. The van der Waals surface area contributed by atoms with Crippen LogP contribution in [0.25, 0.3) is 0 Å². The number of allylic oxidation sites excluding steroid dienone is 3. The van der Waals surface area contributed by atoms with Gasteiger partial charge in [-0.1, -0.05) is 13.8 Å². The molecule has 0 aliphatic rings. The molecule has 0 bridgehead atoms. The van der Waals surface area contributed by atoms with Crippen molar-refractivity contribution in [2.24, 2.45) is 10.9 Å². The van der Waals surface area contributed by atoms with Crippen LogP contribution in [0.1, 0.15) is 20.8 Å². The summed E-state index contributed by atoms with van der Waals surface area (Å²) in [6, 6.07) is 0. The van der Waals surface area contributed by atoms with Crippen LogP contribution in [0.3, 0.4) is 0 Å². The Labute approximate surface area is 103 Å². The minimum Gasteiger partial charge on any atom is -0.513 e. The summed E-state index contributed by atoms with van der Waals surface area (Å²) < 4.78 is 0. The van der Waals surface area contributed by atoms with Gasteiger partial charge in [0.2, 0.25) is 0 Å². The fourth-order valence-corrected chi connectivity index (χ4v) is 1.13. The zero-order valence-electron chi connectivity index (χ0n) is 10.8. The molecule has 0 aliphatic heterocycles. The van der Waals surface area contributed by atoms with Crippen LogP contribution in [-0.2, 0) is 4.79 Å². The van der Waals surface area contributed by atoms with E-state index in [1.807, 2.05) is 13.8 Å². The van der Waals surface area contributed by atoms with E-state index in [-0.39, 0.29) is 17.6 Å². The number of carbonyl (C=O) groups excluding carboxylic acids is 1. The quantitative estimate of drug-likeness (QED) is 0.345. The smallest absolute Gasteiger partial charge is 0.255 e. The number of hydrogen-bond donors (Lipinski definition) is 1. The molecule has 4 heteroatoms. The Hall–Kier alpha value is -1.84. The van der Waals surface area contributed by atoms with Gasteiger partial charge in [-0.2, -0.15) is 0 Å². The number of hydrogen-bond acceptors (Lipinski definition) is 3. The summed E-state index contributed by atoms with van der Waals surface area (Å²) >= 11 is 0. The van der Waals surface area contributed by atoms with E-state index in [9.17, 15) is 4.79 Å². The molecule has 0 heterocycles. The third kappa shape index (κ3) is 5.70. The van der Waals surface area contributed by atoms with Crippen molar-refractivity contribution in [2.75, 3.05) is 7.05 Å². The number of likely N-dealkylation sites (N-methyl/N-ethyl adjacent to an activating group) is 1. The van der Waals surface area contributed by atoms with Gasteiger partial charge in [-0.05, 0) is 31.7 Å². The second kappa shape index (κ2) is 7.44. The molecule has 0 atom stereocenters. The summed E-state index contributed by atoms with van der Waals surface area (Å²) in [5.41, 5.74) is 0.594. The lowest BCUT2D eigenvalue weighted by atomic mass is 10.0. The minimum atomic E-state index is -0.132. The zero-order chi connectivity index (χ0) is 13.4. The number of aliphatic imine (C=N–C) groups is 1. The van der Waals surface area contributed by atoms with Gasteiger partial charge in [0.05, 0.1) is 5.76 Å². The Morgan fingerprint density at radius 3 is 2.47 bits per heavy atom. The van der Waals surface area contributed by atoms with Crippen molar-refractivity contribution < 1.29 is 9.90 Å². The SMILES string of the molecule is C=N/C=C(\C(=O)N(C)/C=C\C=C(/C)O)C(C)C. The highest BCUT2D eigenvalue weighted by atomic mass is 16.3. The van der Waals surface area contributed by atoms with Crippen LogP contribution in [-0.4, -0.2) is 29.7 Å². The van der Waals surface area contributed by atoms with E-state index in [4.69, 9.17) is 5.11 Å². The molecular formula is C13H20N2O2. The second-order valence-electron chi connectivity index (χ2n) is 3.99. The monoisotopic (exact) mass is 236 g/mol. The highest BCUT2D eigenvalue weighted by molar-refractivity contribution is 5.94. The van der Waals surface area contributed by atoms with Crippen molar-refractivity contribution in [3.8, 4) is 0 Å². The van der Waals surface area contributed by atoms with Gasteiger partial charge in [-0.15, -0.1) is 0 Å². The number of rotatable bonds is 5. The average molecular weight is 236 g/mol. The van der Waals surface area contributed by atoms with Crippen molar-refractivity contribution in [2.45, 2.75) is 20.8 Å². The van der Waals surface area contributed by atoms with E-state index >= 15 is 0 Å². The predicted octanol–water partition coefficient (Wildman–Crippen LogP) is 2.66. The molecule has 0 aromatic carbocycles. The summed E-state index contributed by atoms with van der Waals surface area (Å²) in [5, 5.41) is 8.96. The number of nitrogens with zero attached hydrogens (tertiary/aromatic N) is 2. The van der Waals surface area contributed by atoms with Crippen molar-refractivity contribution in [3.05, 3.63) is 35.9 Å². The van der Waals surface area contributed by atoms with Gasteiger partial charge in [0, 0.05) is 25.0 Å². The predicted molar refractivity (Wildman–Crippen MR) is 70.8 cm³/mol. The molecule has 0 unspecified atom stereocenters. The number of carbonyl (C=O) groups is 1. The maximum Gasteiger partial charge on any atom is 0.255 e. The highest BCUT2D eigenvalue weighted by Gasteiger charge is 2.15. The third-order valence-electron chi connectivity index (χ3n) is 2.07. The van der Waals surface area contributed by atoms with Crippen LogP contribution in [0, 0.1) is 5.92 Å². The van der Waals surface area contributed by atoms with Gasteiger partial charge >= 0.3 is 0 Å². The number of aliphatic hydroxyl groups is 1. The first-order valence-electron chi connectivity index (χ1n) is 5.37. The lowest BCUT2D eigenvalue weighted by Crippen LogP contribution is -2.24. The first-order chi connectivity index (χ1) is 7.90. The minimum absolute atomic E-state index is 0.0824. The standard InChI is InChI=1S/C13H20N2O2/c1-10(2)12(9-14-4)13(17)15(5)8-6-7-11(3)16/h6-10,16H,4H2,1-3,5H3/b8-6-,11-7+,12-9-. The second-order valence-corrected chi connectivity index (χ2v) is 3.99. The van der Waals surface area contributed by atoms with E-state index in [1.54, 1.807) is 26.2 Å². The molecular weight excluding hydrogens is 216 g/mol. The topological polar surface area (TPSA) is 52.9 Å². The molecule has 1 amide bonds. The summed E-state index contributed by atoms with van der Waals surface area (Å²) in [6.07, 6.45) is 6.17. The maximum atomic E-state index is 12.0. The van der Waals surface area contributed by atoms with E-state index < -0.39 is 0 Å². The van der Waals surface area contributed by atoms with Gasteiger partial charge in [-0.25, -0.2) is 0 Å². The fraction of sp³-hybridized carbons (Fsp3) is 0.385. The number of aliphatic hydroxyl groups excluding tert-OH is 1. The van der Waals surface area contributed by atoms with Crippen molar-refractivity contribution in [3.63, 3.8) is 0 Å². The first kappa shape index (κ1) is 15.2. The van der Waals surface area contributed by atoms with Gasteiger partial charge in [0.25, 0.3) is 5.91 Å².